The minimum atomic E-state index is -3.73. The predicted molar refractivity (Wildman–Crippen MR) is 76.5 cm³/mol. The Morgan fingerprint density at radius 2 is 2.05 bits per heavy atom. The van der Waals surface area contributed by atoms with Crippen LogP contribution in [0, 0.1) is 11.7 Å². The second kappa shape index (κ2) is 6.39. The molecule has 2 rings (SSSR count). The molecule has 20 heavy (non-hydrogen) atoms. The van der Waals surface area contributed by atoms with Crippen molar-refractivity contribution in [2.45, 2.75) is 36.6 Å². The Kier molecular flexibility index (Phi) is 5.01. The monoisotopic (exact) mass is 320 g/mol. The van der Waals surface area contributed by atoms with Crippen LogP contribution < -0.4 is 10.5 Å². The minimum Gasteiger partial charge on any atom is -0.329 e. The minimum absolute atomic E-state index is 0.0413. The van der Waals surface area contributed by atoms with Gasteiger partial charge in [0.1, 0.15) is 5.82 Å². The van der Waals surface area contributed by atoms with Gasteiger partial charge < -0.3 is 5.73 Å². The van der Waals surface area contributed by atoms with Crippen LogP contribution in [0.4, 0.5) is 4.39 Å². The van der Waals surface area contributed by atoms with Gasteiger partial charge >= 0.3 is 0 Å². The number of hydrogen-bond donors (Lipinski definition) is 2. The van der Waals surface area contributed by atoms with Gasteiger partial charge in [0, 0.05) is 12.6 Å². The molecule has 1 fully saturated rings. The van der Waals surface area contributed by atoms with Crippen molar-refractivity contribution in [2.24, 2.45) is 11.7 Å². The van der Waals surface area contributed by atoms with Crippen LogP contribution in [-0.2, 0) is 10.0 Å². The Morgan fingerprint density at radius 3 is 2.60 bits per heavy atom. The summed E-state index contributed by atoms with van der Waals surface area (Å²) in [5.74, 6) is -0.373. The molecule has 3 N–H and O–H groups in total. The molecule has 0 amide bonds. The number of halogens is 2. The average molecular weight is 321 g/mol. The Balaban J connectivity index is 2.18. The fourth-order valence-electron chi connectivity index (χ4n) is 2.61. The zero-order valence-corrected chi connectivity index (χ0v) is 12.6. The molecule has 0 aromatic heterocycles. The smallest absolute Gasteiger partial charge is 0.240 e. The molecule has 0 spiro atoms. The van der Waals surface area contributed by atoms with Crippen molar-refractivity contribution in [1.29, 1.82) is 0 Å². The van der Waals surface area contributed by atoms with Crippen molar-refractivity contribution >= 4 is 21.6 Å². The molecule has 1 atom stereocenters. The lowest BCUT2D eigenvalue weighted by Gasteiger charge is -2.23. The number of benzene rings is 1. The van der Waals surface area contributed by atoms with Crippen LogP contribution >= 0.6 is 11.6 Å². The van der Waals surface area contributed by atoms with Crippen LogP contribution in [0.25, 0.3) is 0 Å². The number of nitrogens with one attached hydrogen (secondary N) is 1. The molecule has 1 aromatic carbocycles. The van der Waals surface area contributed by atoms with Crippen molar-refractivity contribution in [3.8, 4) is 0 Å². The molecule has 1 aliphatic rings. The molecule has 1 saturated carbocycles. The molecule has 4 nitrogen and oxygen atoms in total. The summed E-state index contributed by atoms with van der Waals surface area (Å²) >= 11 is 5.63. The standard InChI is InChI=1S/C13H18ClFN2O2S/c14-11-7-10(5-6-12(11)15)20(18,19)17-13(8-16)9-3-1-2-4-9/h5-7,9,13,17H,1-4,8,16H2. The van der Waals surface area contributed by atoms with E-state index in [1.165, 1.54) is 6.07 Å². The number of hydrogen-bond acceptors (Lipinski definition) is 3. The van der Waals surface area contributed by atoms with Gasteiger partial charge in [-0.3, -0.25) is 0 Å². The van der Waals surface area contributed by atoms with E-state index in [9.17, 15) is 12.8 Å². The highest BCUT2D eigenvalue weighted by Crippen LogP contribution is 2.28. The normalized spacial score (nSPS) is 18.4. The summed E-state index contributed by atoms with van der Waals surface area (Å²) in [4.78, 5) is -0.0413. The Bertz CT molecular complexity index is 574. The summed E-state index contributed by atoms with van der Waals surface area (Å²) in [6, 6.07) is 3.07. The van der Waals surface area contributed by atoms with E-state index in [-0.39, 0.29) is 28.4 Å². The molecular weight excluding hydrogens is 303 g/mol. The lowest BCUT2D eigenvalue weighted by atomic mass is 9.99. The Labute approximate surface area is 123 Å². The van der Waals surface area contributed by atoms with Crippen LogP contribution in [-0.4, -0.2) is 21.0 Å². The largest absolute Gasteiger partial charge is 0.329 e. The van der Waals surface area contributed by atoms with Crippen LogP contribution in [0.3, 0.4) is 0 Å². The third kappa shape index (κ3) is 3.49. The fourth-order valence-corrected chi connectivity index (χ4v) is 4.20. The van der Waals surface area contributed by atoms with E-state index < -0.39 is 15.8 Å². The summed E-state index contributed by atoms with van der Waals surface area (Å²) in [6.07, 6.45) is 4.17. The average Bonchev–Trinajstić information content (AvgIpc) is 2.93. The van der Waals surface area contributed by atoms with Crippen molar-refractivity contribution in [1.82, 2.24) is 4.72 Å². The summed E-state index contributed by atoms with van der Waals surface area (Å²) in [6.45, 7) is 0.249. The first-order valence-corrected chi connectivity index (χ1v) is 8.47. The molecule has 1 unspecified atom stereocenters. The summed E-state index contributed by atoms with van der Waals surface area (Å²) < 4.78 is 40.3. The van der Waals surface area contributed by atoms with Gasteiger partial charge in [0.2, 0.25) is 10.0 Å². The lowest BCUT2D eigenvalue weighted by molar-refractivity contribution is 0.405. The third-order valence-corrected chi connectivity index (χ3v) is 5.51. The molecule has 0 radical (unpaired) electrons. The van der Waals surface area contributed by atoms with Gasteiger partial charge in [-0.05, 0) is 37.0 Å². The molecule has 112 valence electrons. The Hall–Kier alpha value is -0.690. The molecule has 0 aliphatic heterocycles. The topological polar surface area (TPSA) is 72.2 Å². The van der Waals surface area contributed by atoms with Crippen LogP contribution in [0.15, 0.2) is 23.1 Å². The van der Waals surface area contributed by atoms with Gasteiger partial charge in [-0.15, -0.1) is 0 Å². The van der Waals surface area contributed by atoms with E-state index >= 15 is 0 Å². The van der Waals surface area contributed by atoms with Gasteiger partial charge in [-0.1, -0.05) is 24.4 Å². The fraction of sp³-hybridized carbons (Fsp3) is 0.538. The lowest BCUT2D eigenvalue weighted by Crippen LogP contribution is -2.44. The van der Waals surface area contributed by atoms with Crippen molar-refractivity contribution in [3.05, 3.63) is 29.0 Å². The van der Waals surface area contributed by atoms with E-state index in [2.05, 4.69) is 4.72 Å². The van der Waals surface area contributed by atoms with Crippen molar-refractivity contribution in [3.63, 3.8) is 0 Å². The molecule has 7 heteroatoms. The Morgan fingerprint density at radius 1 is 1.40 bits per heavy atom. The van der Waals surface area contributed by atoms with Crippen LogP contribution in [0.2, 0.25) is 5.02 Å². The summed E-state index contributed by atoms with van der Waals surface area (Å²) in [7, 11) is -3.73. The van der Waals surface area contributed by atoms with E-state index in [0.717, 1.165) is 37.8 Å². The quantitative estimate of drug-likeness (QED) is 0.874. The molecule has 1 aromatic rings. The molecule has 1 aliphatic carbocycles. The first-order chi connectivity index (χ1) is 9.44. The maximum Gasteiger partial charge on any atom is 0.240 e. The highest BCUT2D eigenvalue weighted by molar-refractivity contribution is 7.89. The maximum absolute atomic E-state index is 13.1. The van der Waals surface area contributed by atoms with E-state index in [4.69, 9.17) is 17.3 Å². The molecule has 0 saturated heterocycles. The van der Waals surface area contributed by atoms with Gasteiger partial charge in [0.05, 0.1) is 9.92 Å². The predicted octanol–water partition coefficient (Wildman–Crippen LogP) is 2.27. The second-order valence-electron chi connectivity index (χ2n) is 5.08. The van der Waals surface area contributed by atoms with Crippen molar-refractivity contribution in [2.75, 3.05) is 6.54 Å². The number of rotatable bonds is 5. The highest BCUT2D eigenvalue weighted by atomic mass is 35.5. The second-order valence-corrected chi connectivity index (χ2v) is 7.21. The zero-order valence-electron chi connectivity index (χ0n) is 11.0. The van der Waals surface area contributed by atoms with Crippen molar-refractivity contribution < 1.29 is 12.8 Å². The van der Waals surface area contributed by atoms with Crippen LogP contribution in [0.1, 0.15) is 25.7 Å². The summed E-state index contributed by atoms with van der Waals surface area (Å²) in [5, 5.41) is -0.210. The molecule has 0 heterocycles. The first-order valence-electron chi connectivity index (χ1n) is 6.61. The van der Waals surface area contributed by atoms with Gasteiger partial charge in [0.25, 0.3) is 0 Å². The number of sulfonamides is 1. The van der Waals surface area contributed by atoms with Gasteiger partial charge in [0.15, 0.2) is 0 Å². The highest BCUT2D eigenvalue weighted by Gasteiger charge is 2.28. The maximum atomic E-state index is 13.1. The first kappa shape index (κ1) is 15.7. The number of nitrogens with two attached hydrogens (primary N) is 1. The van der Waals surface area contributed by atoms with Gasteiger partial charge in [-0.25, -0.2) is 17.5 Å². The molecule has 0 bridgehead atoms. The van der Waals surface area contributed by atoms with E-state index in [1.807, 2.05) is 0 Å². The zero-order chi connectivity index (χ0) is 14.8. The van der Waals surface area contributed by atoms with E-state index in [0.29, 0.717) is 0 Å². The van der Waals surface area contributed by atoms with Gasteiger partial charge in [-0.2, -0.15) is 0 Å². The third-order valence-electron chi connectivity index (χ3n) is 3.73. The molecular formula is C13H18ClFN2O2S. The SMILES string of the molecule is NCC(NS(=O)(=O)c1ccc(F)c(Cl)c1)C1CCCC1. The van der Waals surface area contributed by atoms with E-state index in [1.54, 1.807) is 0 Å². The summed E-state index contributed by atoms with van der Waals surface area (Å²) in [5.41, 5.74) is 5.68. The van der Waals surface area contributed by atoms with Crippen LogP contribution in [0.5, 0.6) is 0 Å².